The Morgan fingerprint density at radius 2 is 1.92 bits per heavy atom. The first-order valence-corrected chi connectivity index (χ1v) is 9.22. The first kappa shape index (κ1) is 16.9. The SMILES string of the molecule is CCCc1cc(=O)oc2c3c(ccc12)OCN(CCc1ccccc1)C3. The van der Waals surface area contributed by atoms with E-state index in [1.165, 1.54) is 5.56 Å². The van der Waals surface area contributed by atoms with E-state index in [9.17, 15) is 4.79 Å². The van der Waals surface area contributed by atoms with Gasteiger partial charge in [0.2, 0.25) is 0 Å². The summed E-state index contributed by atoms with van der Waals surface area (Å²) in [6.07, 6.45) is 2.84. The van der Waals surface area contributed by atoms with Crippen molar-refractivity contribution in [1.82, 2.24) is 4.90 Å². The van der Waals surface area contributed by atoms with Gasteiger partial charge >= 0.3 is 5.63 Å². The smallest absolute Gasteiger partial charge is 0.336 e. The number of nitrogens with zero attached hydrogens (tertiary/aromatic N) is 1. The largest absolute Gasteiger partial charge is 0.478 e. The van der Waals surface area contributed by atoms with Crippen LogP contribution in [0.1, 0.15) is 30.0 Å². The summed E-state index contributed by atoms with van der Waals surface area (Å²) in [5.74, 6) is 0.824. The highest BCUT2D eigenvalue weighted by Gasteiger charge is 2.22. The minimum atomic E-state index is -0.282. The monoisotopic (exact) mass is 349 g/mol. The number of rotatable bonds is 5. The van der Waals surface area contributed by atoms with Crippen molar-refractivity contribution in [3.8, 4) is 5.75 Å². The number of aryl methyl sites for hydroxylation is 1. The van der Waals surface area contributed by atoms with Gasteiger partial charge in [0.05, 0.1) is 5.56 Å². The van der Waals surface area contributed by atoms with Gasteiger partial charge in [-0.15, -0.1) is 0 Å². The lowest BCUT2D eigenvalue weighted by Gasteiger charge is -2.29. The van der Waals surface area contributed by atoms with E-state index < -0.39 is 0 Å². The van der Waals surface area contributed by atoms with Crippen LogP contribution in [0.5, 0.6) is 5.75 Å². The summed E-state index contributed by atoms with van der Waals surface area (Å²) in [5, 5.41) is 1.03. The molecule has 0 saturated heterocycles. The average Bonchev–Trinajstić information content (AvgIpc) is 2.67. The molecule has 0 atom stereocenters. The summed E-state index contributed by atoms with van der Waals surface area (Å²) in [7, 11) is 0. The van der Waals surface area contributed by atoms with Crippen LogP contribution in [0.4, 0.5) is 0 Å². The molecule has 4 nitrogen and oxygen atoms in total. The van der Waals surface area contributed by atoms with E-state index in [1.807, 2.05) is 18.2 Å². The number of hydrogen-bond acceptors (Lipinski definition) is 4. The van der Waals surface area contributed by atoms with Gasteiger partial charge in [0.25, 0.3) is 0 Å². The van der Waals surface area contributed by atoms with Crippen molar-refractivity contribution < 1.29 is 9.15 Å². The zero-order valence-electron chi connectivity index (χ0n) is 15.0. The van der Waals surface area contributed by atoms with Gasteiger partial charge in [0.1, 0.15) is 18.1 Å². The molecule has 0 saturated carbocycles. The fourth-order valence-corrected chi connectivity index (χ4v) is 3.60. The molecule has 0 bridgehead atoms. The van der Waals surface area contributed by atoms with Crippen LogP contribution in [-0.2, 0) is 19.4 Å². The van der Waals surface area contributed by atoms with Gasteiger partial charge in [-0.1, -0.05) is 43.7 Å². The van der Waals surface area contributed by atoms with E-state index in [4.69, 9.17) is 9.15 Å². The molecular formula is C22H23NO3. The zero-order valence-corrected chi connectivity index (χ0v) is 15.0. The molecule has 1 aliphatic rings. The highest BCUT2D eigenvalue weighted by molar-refractivity contribution is 5.85. The van der Waals surface area contributed by atoms with Crippen LogP contribution >= 0.6 is 0 Å². The summed E-state index contributed by atoms with van der Waals surface area (Å²) in [6, 6.07) is 16.1. The highest BCUT2D eigenvalue weighted by atomic mass is 16.5. The summed E-state index contributed by atoms with van der Waals surface area (Å²) in [6.45, 7) is 4.31. The second-order valence-corrected chi connectivity index (χ2v) is 6.82. The average molecular weight is 349 g/mol. The Labute approximate surface area is 153 Å². The van der Waals surface area contributed by atoms with Crippen molar-refractivity contribution >= 4 is 11.0 Å². The molecule has 0 unspecified atom stereocenters. The minimum Gasteiger partial charge on any atom is -0.478 e. The van der Waals surface area contributed by atoms with Crippen LogP contribution < -0.4 is 10.4 Å². The second kappa shape index (κ2) is 7.34. The normalized spacial score (nSPS) is 14.2. The standard InChI is InChI=1S/C22H23NO3/c1-2-6-17-13-21(24)26-22-18(17)9-10-20-19(22)14-23(15-25-20)12-11-16-7-4-3-5-8-16/h3-5,7-10,13H,2,6,11-12,14-15H2,1H3. The Morgan fingerprint density at radius 3 is 2.73 bits per heavy atom. The van der Waals surface area contributed by atoms with Crippen molar-refractivity contribution in [1.29, 1.82) is 0 Å². The van der Waals surface area contributed by atoms with Gasteiger partial charge in [-0.2, -0.15) is 0 Å². The van der Waals surface area contributed by atoms with Gasteiger partial charge < -0.3 is 9.15 Å². The molecule has 1 aliphatic heterocycles. The quantitative estimate of drug-likeness (QED) is 0.649. The van der Waals surface area contributed by atoms with Gasteiger partial charge in [0.15, 0.2) is 0 Å². The van der Waals surface area contributed by atoms with Gasteiger partial charge in [0, 0.05) is 24.5 Å². The molecule has 0 aliphatic carbocycles. The molecule has 134 valence electrons. The first-order chi connectivity index (χ1) is 12.7. The number of hydrogen-bond donors (Lipinski definition) is 0. The molecule has 1 aromatic heterocycles. The number of ether oxygens (including phenoxy) is 1. The second-order valence-electron chi connectivity index (χ2n) is 6.82. The van der Waals surface area contributed by atoms with Gasteiger partial charge in [-0.3, -0.25) is 4.90 Å². The van der Waals surface area contributed by atoms with Crippen LogP contribution in [0, 0.1) is 0 Å². The topological polar surface area (TPSA) is 42.7 Å². The third kappa shape index (κ3) is 3.37. The Kier molecular flexibility index (Phi) is 4.76. The van der Waals surface area contributed by atoms with Crippen molar-refractivity contribution in [2.75, 3.05) is 13.3 Å². The Hall–Kier alpha value is -2.59. The van der Waals surface area contributed by atoms with Crippen molar-refractivity contribution in [2.45, 2.75) is 32.7 Å². The minimum absolute atomic E-state index is 0.282. The number of fused-ring (bicyclic) bond motifs is 3. The fraction of sp³-hybridized carbons (Fsp3) is 0.318. The molecule has 0 fully saturated rings. The molecule has 2 heterocycles. The summed E-state index contributed by atoms with van der Waals surface area (Å²) in [4.78, 5) is 14.3. The van der Waals surface area contributed by atoms with Gasteiger partial charge in [-0.25, -0.2) is 4.79 Å². The summed E-state index contributed by atoms with van der Waals surface area (Å²) < 4.78 is 11.5. The molecule has 0 N–H and O–H groups in total. The van der Waals surface area contributed by atoms with Crippen LogP contribution in [0.25, 0.3) is 11.0 Å². The van der Waals surface area contributed by atoms with E-state index >= 15 is 0 Å². The highest BCUT2D eigenvalue weighted by Crippen LogP contribution is 2.33. The van der Waals surface area contributed by atoms with Crippen LogP contribution in [-0.4, -0.2) is 18.2 Å². The Balaban J connectivity index is 1.62. The molecule has 0 radical (unpaired) electrons. The molecule has 4 rings (SSSR count). The maximum absolute atomic E-state index is 12.0. The zero-order chi connectivity index (χ0) is 17.9. The molecule has 4 heteroatoms. The predicted octanol–water partition coefficient (Wildman–Crippen LogP) is 4.14. The first-order valence-electron chi connectivity index (χ1n) is 9.22. The predicted molar refractivity (Wildman–Crippen MR) is 103 cm³/mol. The molecule has 2 aromatic carbocycles. The van der Waals surface area contributed by atoms with Crippen molar-refractivity contribution in [3.05, 3.63) is 75.6 Å². The van der Waals surface area contributed by atoms with E-state index in [0.717, 1.165) is 54.6 Å². The lowest BCUT2D eigenvalue weighted by Crippen LogP contribution is -2.33. The molecule has 3 aromatic rings. The number of benzene rings is 2. The van der Waals surface area contributed by atoms with E-state index in [1.54, 1.807) is 6.07 Å². The Bertz CT molecular complexity index is 962. The van der Waals surface area contributed by atoms with E-state index in [2.05, 4.69) is 36.1 Å². The molecule has 0 amide bonds. The maximum atomic E-state index is 12.0. The molecular weight excluding hydrogens is 326 g/mol. The maximum Gasteiger partial charge on any atom is 0.336 e. The fourth-order valence-electron chi connectivity index (χ4n) is 3.60. The van der Waals surface area contributed by atoms with Crippen LogP contribution in [0.2, 0.25) is 0 Å². The van der Waals surface area contributed by atoms with Crippen LogP contribution in [0.3, 0.4) is 0 Å². The molecule has 26 heavy (non-hydrogen) atoms. The van der Waals surface area contributed by atoms with Crippen molar-refractivity contribution in [3.63, 3.8) is 0 Å². The summed E-state index contributed by atoms with van der Waals surface area (Å²) in [5.41, 5.74) is 3.76. The van der Waals surface area contributed by atoms with Crippen LogP contribution in [0.15, 0.2) is 57.7 Å². The third-order valence-electron chi connectivity index (χ3n) is 4.92. The molecule has 0 spiro atoms. The van der Waals surface area contributed by atoms with E-state index in [-0.39, 0.29) is 5.63 Å². The Morgan fingerprint density at radius 1 is 1.08 bits per heavy atom. The van der Waals surface area contributed by atoms with Gasteiger partial charge in [-0.05, 0) is 36.1 Å². The lowest BCUT2D eigenvalue weighted by molar-refractivity contribution is 0.0968. The third-order valence-corrected chi connectivity index (χ3v) is 4.92. The van der Waals surface area contributed by atoms with E-state index in [0.29, 0.717) is 12.3 Å². The lowest BCUT2D eigenvalue weighted by atomic mass is 10.0. The summed E-state index contributed by atoms with van der Waals surface area (Å²) >= 11 is 0. The van der Waals surface area contributed by atoms with Crippen molar-refractivity contribution in [2.24, 2.45) is 0 Å².